The first-order valence-corrected chi connectivity index (χ1v) is 2.29. The molecule has 2 N–H and O–H groups in total. The topological polar surface area (TPSA) is 35.2 Å². The standard InChI is InChI=1S/C3H8ClNO/c4-1-2-6-3-5/h1-3,5H2. The lowest BCUT2D eigenvalue weighted by Gasteiger charge is -1.90. The number of nitrogens with two attached hydrogens (primary N) is 1. The van der Waals surface area contributed by atoms with Crippen LogP contribution in [0.25, 0.3) is 0 Å². The summed E-state index contributed by atoms with van der Waals surface area (Å²) in [6.07, 6.45) is 0. The fourth-order valence-electron chi connectivity index (χ4n) is 0.138. The van der Waals surface area contributed by atoms with Gasteiger partial charge >= 0.3 is 0 Å². The first-order valence-electron chi connectivity index (χ1n) is 1.75. The Labute approximate surface area is 42.2 Å². The van der Waals surface area contributed by atoms with E-state index < -0.39 is 0 Å². The van der Waals surface area contributed by atoms with Gasteiger partial charge in [0.25, 0.3) is 0 Å². The predicted molar refractivity (Wildman–Crippen MR) is 25.7 cm³/mol. The van der Waals surface area contributed by atoms with E-state index in [1.54, 1.807) is 0 Å². The molecule has 0 aliphatic rings. The first kappa shape index (κ1) is 6.21. The van der Waals surface area contributed by atoms with Gasteiger partial charge in [0, 0.05) is 5.88 Å². The molecule has 0 atom stereocenters. The van der Waals surface area contributed by atoms with Crippen LogP contribution in [0.15, 0.2) is 0 Å². The summed E-state index contributed by atoms with van der Waals surface area (Å²) in [6.45, 7) is 0.824. The van der Waals surface area contributed by atoms with Crippen molar-refractivity contribution < 1.29 is 4.74 Å². The Balaban J connectivity index is 2.34. The van der Waals surface area contributed by atoms with Crippen LogP contribution in [0.3, 0.4) is 0 Å². The zero-order chi connectivity index (χ0) is 4.83. The molecule has 38 valence electrons. The number of hydrogen-bond acceptors (Lipinski definition) is 2. The van der Waals surface area contributed by atoms with E-state index in [-0.39, 0.29) is 6.73 Å². The molecule has 3 heteroatoms. The van der Waals surface area contributed by atoms with Gasteiger partial charge in [-0.1, -0.05) is 0 Å². The molecule has 0 aliphatic heterocycles. The van der Waals surface area contributed by atoms with Gasteiger partial charge in [-0.05, 0) is 0 Å². The highest BCUT2D eigenvalue weighted by Gasteiger charge is 1.74. The molecule has 0 saturated heterocycles. The summed E-state index contributed by atoms with van der Waals surface area (Å²) < 4.78 is 4.63. The van der Waals surface area contributed by atoms with Crippen LogP contribution in [-0.2, 0) is 4.74 Å². The SMILES string of the molecule is NCOCCCl. The van der Waals surface area contributed by atoms with Gasteiger partial charge in [-0.2, -0.15) is 0 Å². The van der Waals surface area contributed by atoms with Crippen molar-refractivity contribution in [2.45, 2.75) is 0 Å². The van der Waals surface area contributed by atoms with Crippen LogP contribution in [0, 0.1) is 0 Å². The Hall–Kier alpha value is 0.210. The fraction of sp³-hybridized carbons (Fsp3) is 1.00. The molecule has 0 unspecified atom stereocenters. The lowest BCUT2D eigenvalue weighted by atomic mass is 10.9. The highest BCUT2D eigenvalue weighted by Crippen LogP contribution is 1.72. The molecule has 6 heavy (non-hydrogen) atoms. The number of ether oxygens (including phenoxy) is 1. The van der Waals surface area contributed by atoms with Crippen molar-refractivity contribution in [3.8, 4) is 0 Å². The second-order valence-electron chi connectivity index (χ2n) is 0.764. The minimum Gasteiger partial charge on any atom is -0.365 e. The van der Waals surface area contributed by atoms with Crippen molar-refractivity contribution in [1.29, 1.82) is 0 Å². The maximum Gasteiger partial charge on any atom is 0.0940 e. The molecular formula is C3H8ClNO. The Morgan fingerprint density at radius 2 is 2.33 bits per heavy atom. The number of hydrogen-bond donors (Lipinski definition) is 1. The van der Waals surface area contributed by atoms with Crippen molar-refractivity contribution >= 4 is 11.6 Å². The van der Waals surface area contributed by atoms with Crippen LogP contribution >= 0.6 is 11.6 Å². The quantitative estimate of drug-likeness (QED) is 0.318. The third-order valence-corrected chi connectivity index (χ3v) is 0.494. The van der Waals surface area contributed by atoms with Gasteiger partial charge in [-0.15, -0.1) is 11.6 Å². The number of halogens is 1. The molecule has 0 amide bonds. The third-order valence-electron chi connectivity index (χ3n) is 0.339. The summed E-state index contributed by atoms with van der Waals surface area (Å²) in [5.41, 5.74) is 4.93. The van der Waals surface area contributed by atoms with Gasteiger partial charge in [0.1, 0.15) is 0 Å². The lowest BCUT2D eigenvalue weighted by Crippen LogP contribution is -2.05. The number of rotatable bonds is 3. The van der Waals surface area contributed by atoms with Gasteiger partial charge < -0.3 is 10.5 Å². The van der Waals surface area contributed by atoms with E-state index in [1.165, 1.54) is 0 Å². The van der Waals surface area contributed by atoms with Gasteiger partial charge in [0.2, 0.25) is 0 Å². The van der Waals surface area contributed by atoms with Crippen LogP contribution < -0.4 is 5.73 Å². The molecular weight excluding hydrogens is 101 g/mol. The third kappa shape index (κ3) is 4.21. The molecule has 0 fully saturated rings. The summed E-state index contributed by atoms with van der Waals surface area (Å²) in [6, 6.07) is 0. The summed E-state index contributed by atoms with van der Waals surface area (Å²) >= 11 is 5.20. The normalized spacial score (nSPS) is 9.00. The molecule has 0 aromatic heterocycles. The van der Waals surface area contributed by atoms with Gasteiger partial charge in [0.05, 0.1) is 13.3 Å². The van der Waals surface area contributed by atoms with Crippen molar-refractivity contribution in [3.63, 3.8) is 0 Å². The molecule has 0 heterocycles. The van der Waals surface area contributed by atoms with Crippen LogP contribution in [0.1, 0.15) is 0 Å². The van der Waals surface area contributed by atoms with E-state index in [9.17, 15) is 0 Å². The van der Waals surface area contributed by atoms with E-state index in [0.29, 0.717) is 12.5 Å². The second kappa shape index (κ2) is 5.21. The lowest BCUT2D eigenvalue weighted by molar-refractivity contribution is 0.157. The summed E-state index contributed by atoms with van der Waals surface area (Å²) in [5.74, 6) is 0.525. The molecule has 0 aromatic rings. The van der Waals surface area contributed by atoms with Crippen molar-refractivity contribution in [1.82, 2.24) is 0 Å². The minimum atomic E-state index is 0.271. The smallest absolute Gasteiger partial charge is 0.0940 e. The van der Waals surface area contributed by atoms with E-state index in [1.807, 2.05) is 0 Å². The van der Waals surface area contributed by atoms with E-state index in [4.69, 9.17) is 17.3 Å². The van der Waals surface area contributed by atoms with E-state index in [0.717, 1.165) is 0 Å². The van der Waals surface area contributed by atoms with Crippen LogP contribution in [-0.4, -0.2) is 19.2 Å². The van der Waals surface area contributed by atoms with Gasteiger partial charge in [-0.25, -0.2) is 0 Å². The Morgan fingerprint density at radius 3 is 2.50 bits per heavy atom. The Morgan fingerprint density at radius 1 is 1.67 bits per heavy atom. The average molecular weight is 110 g/mol. The molecule has 0 spiro atoms. The molecule has 0 radical (unpaired) electrons. The van der Waals surface area contributed by atoms with E-state index in [2.05, 4.69) is 4.74 Å². The predicted octanol–water partition coefficient (Wildman–Crippen LogP) is 0.158. The monoisotopic (exact) mass is 109 g/mol. The van der Waals surface area contributed by atoms with E-state index >= 15 is 0 Å². The Bertz CT molecular complexity index is 22.8. The maximum absolute atomic E-state index is 5.20. The fourth-order valence-corrected chi connectivity index (χ4v) is 0.247. The van der Waals surface area contributed by atoms with Crippen LogP contribution in [0.2, 0.25) is 0 Å². The molecule has 0 saturated carbocycles. The van der Waals surface area contributed by atoms with Crippen molar-refractivity contribution in [2.24, 2.45) is 5.73 Å². The number of alkyl halides is 1. The van der Waals surface area contributed by atoms with Crippen molar-refractivity contribution in [2.75, 3.05) is 19.2 Å². The summed E-state index contributed by atoms with van der Waals surface area (Å²) in [4.78, 5) is 0. The summed E-state index contributed by atoms with van der Waals surface area (Å²) in [7, 11) is 0. The highest BCUT2D eigenvalue weighted by molar-refractivity contribution is 6.17. The molecule has 0 bridgehead atoms. The second-order valence-corrected chi connectivity index (χ2v) is 1.14. The van der Waals surface area contributed by atoms with Crippen LogP contribution in [0.5, 0.6) is 0 Å². The highest BCUT2D eigenvalue weighted by atomic mass is 35.5. The zero-order valence-electron chi connectivity index (χ0n) is 3.48. The van der Waals surface area contributed by atoms with Gasteiger partial charge in [-0.3, -0.25) is 0 Å². The average Bonchev–Trinajstić information content (AvgIpc) is 1.61. The summed E-state index contributed by atoms with van der Waals surface area (Å²) in [5, 5.41) is 0. The minimum absolute atomic E-state index is 0.271. The van der Waals surface area contributed by atoms with Crippen molar-refractivity contribution in [3.05, 3.63) is 0 Å². The molecule has 0 aromatic carbocycles. The molecule has 0 aliphatic carbocycles. The Kier molecular flexibility index (Phi) is 5.39. The van der Waals surface area contributed by atoms with Gasteiger partial charge in [0.15, 0.2) is 0 Å². The first-order chi connectivity index (χ1) is 2.91. The maximum atomic E-state index is 5.20. The molecule has 2 nitrogen and oxygen atoms in total. The van der Waals surface area contributed by atoms with Crippen LogP contribution in [0.4, 0.5) is 0 Å². The molecule has 0 rings (SSSR count). The largest absolute Gasteiger partial charge is 0.365 e. The zero-order valence-corrected chi connectivity index (χ0v) is 4.24.